The number of amides is 2. The van der Waals surface area contributed by atoms with Gasteiger partial charge < -0.3 is 19.5 Å². The van der Waals surface area contributed by atoms with Crippen molar-refractivity contribution >= 4 is 17.6 Å². The molecule has 1 aromatic heterocycles. The molecule has 2 bridgehead atoms. The normalized spacial score (nSPS) is 19.9. The van der Waals surface area contributed by atoms with Gasteiger partial charge >= 0.3 is 0 Å². The van der Waals surface area contributed by atoms with Gasteiger partial charge in [0.1, 0.15) is 29.2 Å². The molecule has 2 aliphatic heterocycles. The number of amidine groups is 1. The van der Waals surface area contributed by atoms with Crippen LogP contribution in [0.2, 0.25) is 0 Å². The molecule has 0 saturated heterocycles. The molecule has 0 saturated carbocycles. The number of hydrogen-bond acceptors (Lipinski definition) is 7. The van der Waals surface area contributed by atoms with E-state index >= 15 is 0 Å². The summed E-state index contributed by atoms with van der Waals surface area (Å²) in [6.07, 6.45) is 1.16. The number of ether oxygens (including phenoxy) is 1. The van der Waals surface area contributed by atoms with Crippen LogP contribution in [0, 0.1) is 11.6 Å². The number of nitrogens with one attached hydrogen (secondary N) is 1. The first-order valence-electron chi connectivity index (χ1n) is 11.4. The van der Waals surface area contributed by atoms with Gasteiger partial charge in [0.15, 0.2) is 11.4 Å². The number of fused-ring (bicyclic) bond motifs is 4. The molecule has 0 spiro atoms. The summed E-state index contributed by atoms with van der Waals surface area (Å²) in [6.45, 7) is 3.94. The Morgan fingerprint density at radius 1 is 1.31 bits per heavy atom. The molecular formula is C24H27F2N5O5. The maximum Gasteiger partial charge on any atom is 0.274 e. The van der Waals surface area contributed by atoms with Crippen LogP contribution in [0.3, 0.4) is 0 Å². The Morgan fingerprint density at radius 2 is 2.06 bits per heavy atom. The van der Waals surface area contributed by atoms with Crippen LogP contribution in [0.1, 0.15) is 52.8 Å². The summed E-state index contributed by atoms with van der Waals surface area (Å²) < 4.78 is 34.0. The zero-order valence-electron chi connectivity index (χ0n) is 20.4. The van der Waals surface area contributed by atoms with E-state index in [1.165, 1.54) is 29.0 Å². The van der Waals surface area contributed by atoms with E-state index in [4.69, 9.17) is 9.57 Å². The number of pyridine rings is 1. The number of carbonyl (C=O) groups excluding carboxylic acids is 2. The first-order chi connectivity index (χ1) is 17.1. The Kier molecular flexibility index (Phi) is 7.07. The van der Waals surface area contributed by atoms with E-state index in [1.54, 1.807) is 18.9 Å². The quantitative estimate of drug-likeness (QED) is 0.685. The number of carbonyl (C=O) groups is 2. The van der Waals surface area contributed by atoms with Gasteiger partial charge in [-0.25, -0.2) is 18.8 Å². The largest absolute Gasteiger partial charge is 0.491 e. The number of halogens is 2. The monoisotopic (exact) mass is 503 g/mol. The van der Waals surface area contributed by atoms with Crippen LogP contribution >= 0.6 is 0 Å². The summed E-state index contributed by atoms with van der Waals surface area (Å²) in [5.74, 6) is -2.54. The van der Waals surface area contributed by atoms with Crippen LogP contribution in [0.25, 0.3) is 0 Å². The van der Waals surface area contributed by atoms with Crippen LogP contribution in [-0.2, 0) is 11.4 Å². The van der Waals surface area contributed by atoms with Crippen molar-refractivity contribution in [2.45, 2.75) is 39.0 Å². The highest BCUT2D eigenvalue weighted by Gasteiger charge is 2.38. The molecule has 1 unspecified atom stereocenters. The first-order valence-corrected chi connectivity index (χ1v) is 11.4. The summed E-state index contributed by atoms with van der Waals surface area (Å²) in [7, 11) is 2.97. The number of aliphatic imine (C=N–C) groups is 1. The van der Waals surface area contributed by atoms with Gasteiger partial charge in [0.05, 0.1) is 20.3 Å². The molecule has 1 N–H and O–H groups in total. The van der Waals surface area contributed by atoms with Crippen molar-refractivity contribution < 1.29 is 27.9 Å². The van der Waals surface area contributed by atoms with Crippen LogP contribution < -0.4 is 15.5 Å². The van der Waals surface area contributed by atoms with Crippen molar-refractivity contribution in [2.24, 2.45) is 4.99 Å². The summed E-state index contributed by atoms with van der Waals surface area (Å²) in [6, 6.07) is 2.77. The van der Waals surface area contributed by atoms with E-state index in [0.717, 1.165) is 6.07 Å². The molecule has 0 aliphatic carbocycles. The maximum atomic E-state index is 14.0. The lowest BCUT2D eigenvalue weighted by atomic mass is 10.1. The molecule has 12 heteroatoms. The van der Waals surface area contributed by atoms with Crippen molar-refractivity contribution in [1.82, 2.24) is 19.8 Å². The smallest absolute Gasteiger partial charge is 0.274 e. The van der Waals surface area contributed by atoms with Gasteiger partial charge in [-0.3, -0.25) is 19.2 Å². The van der Waals surface area contributed by atoms with Crippen molar-refractivity contribution in [1.29, 1.82) is 0 Å². The zero-order valence-corrected chi connectivity index (χ0v) is 20.4. The molecule has 192 valence electrons. The fourth-order valence-electron chi connectivity index (χ4n) is 4.21. The van der Waals surface area contributed by atoms with Crippen molar-refractivity contribution in [3.63, 3.8) is 0 Å². The average Bonchev–Trinajstić information content (AvgIpc) is 2.83. The minimum absolute atomic E-state index is 0.00701. The molecule has 4 rings (SSSR count). The highest BCUT2D eigenvalue weighted by atomic mass is 19.1. The molecule has 10 nitrogen and oxygen atoms in total. The molecule has 0 radical (unpaired) electrons. The molecule has 2 aliphatic rings. The van der Waals surface area contributed by atoms with Gasteiger partial charge in [0.2, 0.25) is 5.43 Å². The second-order valence-electron chi connectivity index (χ2n) is 8.66. The van der Waals surface area contributed by atoms with E-state index in [9.17, 15) is 23.2 Å². The Morgan fingerprint density at radius 3 is 2.75 bits per heavy atom. The third-order valence-corrected chi connectivity index (χ3v) is 6.38. The van der Waals surface area contributed by atoms with Crippen LogP contribution in [0.15, 0.2) is 34.2 Å². The minimum atomic E-state index is -0.826. The lowest BCUT2D eigenvalue weighted by molar-refractivity contribution is -0.0875. The van der Waals surface area contributed by atoms with Gasteiger partial charge in [0.25, 0.3) is 11.8 Å². The van der Waals surface area contributed by atoms with Crippen molar-refractivity contribution in [2.75, 3.05) is 27.3 Å². The highest BCUT2D eigenvalue weighted by molar-refractivity contribution is 5.99. The Labute approximate surface area is 206 Å². The predicted octanol–water partition coefficient (Wildman–Crippen LogP) is 2.09. The first kappa shape index (κ1) is 25.3. The Balaban J connectivity index is 1.77. The zero-order chi connectivity index (χ0) is 26.1. The van der Waals surface area contributed by atoms with Gasteiger partial charge in [0, 0.05) is 37.5 Å². The fraction of sp³-hybridized carbons (Fsp3) is 0.417. The molecular weight excluding hydrogens is 476 g/mol. The van der Waals surface area contributed by atoms with Gasteiger partial charge in [-0.1, -0.05) is 6.07 Å². The lowest BCUT2D eigenvalue weighted by Crippen LogP contribution is -2.50. The fourth-order valence-corrected chi connectivity index (χ4v) is 4.21. The standard InChI is InChI=1S/C24H27F2N5O5/c1-13-7-8-36-29(3)14(2)28-19-12-30(13)24(34)20-22(35-4)21(32)17(11-31(19)20)23(33)27-10-15-5-6-16(25)9-18(15)26/h5-6,9,11,13,19H,7-8,10,12H2,1-4H3,(H,27,33)/t13?,19-/m1/s1. The van der Waals surface area contributed by atoms with E-state index < -0.39 is 35.0 Å². The lowest BCUT2D eigenvalue weighted by Gasteiger charge is -2.39. The predicted molar refractivity (Wildman–Crippen MR) is 126 cm³/mol. The summed E-state index contributed by atoms with van der Waals surface area (Å²) in [5, 5.41) is 4.01. The van der Waals surface area contributed by atoms with Crippen LogP contribution in [0.4, 0.5) is 8.78 Å². The minimum Gasteiger partial charge on any atom is -0.491 e. The summed E-state index contributed by atoms with van der Waals surface area (Å²) in [4.78, 5) is 51.6. The Bertz CT molecular complexity index is 1290. The average molecular weight is 504 g/mol. The second kappa shape index (κ2) is 10.1. The van der Waals surface area contributed by atoms with Gasteiger partial charge in [-0.2, -0.15) is 0 Å². The number of rotatable bonds is 4. The Hall–Kier alpha value is -3.80. The summed E-state index contributed by atoms with van der Waals surface area (Å²) in [5.41, 5.74) is -1.05. The number of nitrogens with zero attached hydrogens (tertiary/aromatic N) is 4. The number of hydrogen-bond donors (Lipinski definition) is 1. The van der Waals surface area contributed by atoms with Gasteiger partial charge in [-0.05, 0) is 26.3 Å². The number of aromatic nitrogens is 1. The van der Waals surface area contributed by atoms with E-state index in [2.05, 4.69) is 10.3 Å². The van der Waals surface area contributed by atoms with E-state index in [-0.39, 0.29) is 41.7 Å². The summed E-state index contributed by atoms with van der Waals surface area (Å²) >= 11 is 0. The SMILES string of the molecule is COc1c2n(cc(C(=O)NCc3ccc(F)cc3F)c1=O)[C@@H]1CN(C2=O)C(C)CCON(C)C(C)=N1. The van der Waals surface area contributed by atoms with Crippen molar-refractivity contribution in [3.05, 3.63) is 63.1 Å². The third-order valence-electron chi connectivity index (χ3n) is 6.38. The molecule has 36 heavy (non-hydrogen) atoms. The number of hydroxylamine groups is 2. The molecule has 1 aromatic carbocycles. The topological polar surface area (TPSA) is 105 Å². The maximum absolute atomic E-state index is 14.0. The number of methoxy groups -OCH3 is 1. The third kappa shape index (κ3) is 4.68. The molecule has 2 aromatic rings. The van der Waals surface area contributed by atoms with E-state index in [1.807, 2.05) is 6.92 Å². The molecule has 3 heterocycles. The molecule has 2 atom stereocenters. The van der Waals surface area contributed by atoms with Crippen molar-refractivity contribution in [3.8, 4) is 5.75 Å². The van der Waals surface area contributed by atoms with E-state index in [0.29, 0.717) is 24.9 Å². The number of benzene rings is 1. The van der Waals surface area contributed by atoms with Crippen LogP contribution in [0.5, 0.6) is 5.75 Å². The van der Waals surface area contributed by atoms with Gasteiger partial charge in [-0.15, -0.1) is 0 Å². The highest BCUT2D eigenvalue weighted by Crippen LogP contribution is 2.30. The second-order valence-corrected chi connectivity index (χ2v) is 8.66. The molecule has 2 amide bonds. The molecule has 0 fully saturated rings. The van der Waals surface area contributed by atoms with Crippen LogP contribution in [-0.4, -0.2) is 65.5 Å².